The van der Waals surface area contributed by atoms with Gasteiger partial charge in [-0.1, -0.05) is 23.2 Å². The summed E-state index contributed by atoms with van der Waals surface area (Å²) in [6.45, 7) is 8.09. The number of fused-ring (bicyclic) bond motifs is 1. The fraction of sp³-hybridized carbons (Fsp3) is 0.174. The standard InChI is InChI=1S/C23H21ClN4O/c1-13-9-15(3)22-19(10-13)14(2)11-20(25-22)28-21(12-16(4)27-28)26-23(29)17-5-7-18(24)8-6-17/h5-12H,1-4H3,(H,26,29). The van der Waals surface area contributed by atoms with E-state index in [9.17, 15) is 4.79 Å². The fourth-order valence-corrected chi connectivity index (χ4v) is 3.61. The van der Waals surface area contributed by atoms with Crippen LogP contribution in [0.15, 0.2) is 48.5 Å². The molecule has 0 aliphatic rings. The Kier molecular flexibility index (Phi) is 4.84. The number of aryl methyl sites for hydroxylation is 4. The number of hydrogen-bond acceptors (Lipinski definition) is 3. The van der Waals surface area contributed by atoms with Crippen molar-refractivity contribution in [3.63, 3.8) is 0 Å². The SMILES string of the molecule is Cc1cc(C)c2nc(-n3nc(C)cc3NC(=O)c3ccc(Cl)cc3)cc(C)c2c1. The van der Waals surface area contributed by atoms with E-state index in [1.54, 1.807) is 28.9 Å². The lowest BCUT2D eigenvalue weighted by Crippen LogP contribution is -2.15. The van der Waals surface area contributed by atoms with Crippen LogP contribution in [0.3, 0.4) is 0 Å². The summed E-state index contributed by atoms with van der Waals surface area (Å²) in [7, 11) is 0. The highest BCUT2D eigenvalue weighted by molar-refractivity contribution is 6.30. The third-order valence-corrected chi connectivity index (χ3v) is 5.09. The second-order valence-corrected chi connectivity index (χ2v) is 7.76. The van der Waals surface area contributed by atoms with Crippen molar-refractivity contribution in [3.05, 3.63) is 81.5 Å². The van der Waals surface area contributed by atoms with Crippen LogP contribution in [-0.4, -0.2) is 20.7 Å². The van der Waals surface area contributed by atoms with Crippen molar-refractivity contribution in [1.29, 1.82) is 0 Å². The lowest BCUT2D eigenvalue weighted by molar-refractivity contribution is 0.102. The Morgan fingerprint density at radius 2 is 1.69 bits per heavy atom. The number of hydrogen-bond donors (Lipinski definition) is 1. The quantitative estimate of drug-likeness (QED) is 0.486. The summed E-state index contributed by atoms with van der Waals surface area (Å²) in [5, 5.41) is 9.20. The first-order valence-electron chi connectivity index (χ1n) is 9.34. The third-order valence-electron chi connectivity index (χ3n) is 4.84. The summed E-state index contributed by atoms with van der Waals surface area (Å²) in [5.41, 5.74) is 5.68. The molecular weight excluding hydrogens is 384 g/mol. The van der Waals surface area contributed by atoms with E-state index in [1.165, 1.54) is 5.56 Å². The molecule has 4 rings (SSSR count). The number of rotatable bonds is 3. The van der Waals surface area contributed by atoms with E-state index in [0.29, 0.717) is 22.2 Å². The highest BCUT2D eigenvalue weighted by atomic mass is 35.5. The van der Waals surface area contributed by atoms with Gasteiger partial charge >= 0.3 is 0 Å². The smallest absolute Gasteiger partial charge is 0.256 e. The Labute approximate surface area is 174 Å². The van der Waals surface area contributed by atoms with Crippen LogP contribution in [0, 0.1) is 27.7 Å². The summed E-state index contributed by atoms with van der Waals surface area (Å²) < 4.78 is 1.68. The molecule has 2 heterocycles. The molecule has 0 atom stereocenters. The van der Waals surface area contributed by atoms with Crippen molar-refractivity contribution in [3.8, 4) is 5.82 Å². The Bertz CT molecular complexity index is 1240. The van der Waals surface area contributed by atoms with Gasteiger partial charge in [-0.05, 0) is 75.2 Å². The number of carbonyl (C=O) groups is 1. The Balaban J connectivity index is 1.77. The number of halogens is 1. The number of aromatic nitrogens is 3. The molecule has 0 bridgehead atoms. The topological polar surface area (TPSA) is 59.8 Å². The predicted molar refractivity (Wildman–Crippen MR) is 117 cm³/mol. The zero-order valence-electron chi connectivity index (χ0n) is 16.7. The van der Waals surface area contributed by atoms with E-state index < -0.39 is 0 Å². The van der Waals surface area contributed by atoms with Crippen molar-refractivity contribution >= 4 is 34.2 Å². The van der Waals surface area contributed by atoms with Gasteiger partial charge in [-0.25, -0.2) is 4.98 Å². The summed E-state index contributed by atoms with van der Waals surface area (Å²) in [4.78, 5) is 17.5. The van der Waals surface area contributed by atoms with E-state index in [0.717, 1.165) is 27.7 Å². The van der Waals surface area contributed by atoms with Gasteiger partial charge in [-0.3, -0.25) is 4.79 Å². The summed E-state index contributed by atoms with van der Waals surface area (Å²) in [6, 6.07) is 14.9. The van der Waals surface area contributed by atoms with Crippen LogP contribution in [0.5, 0.6) is 0 Å². The van der Waals surface area contributed by atoms with Gasteiger partial charge in [0.15, 0.2) is 5.82 Å². The summed E-state index contributed by atoms with van der Waals surface area (Å²) in [5.74, 6) is 1.01. The second-order valence-electron chi connectivity index (χ2n) is 7.32. The molecule has 4 aromatic rings. The van der Waals surface area contributed by atoms with Gasteiger partial charge in [-0.15, -0.1) is 0 Å². The fourth-order valence-electron chi connectivity index (χ4n) is 3.49. The Morgan fingerprint density at radius 1 is 0.966 bits per heavy atom. The molecule has 5 nitrogen and oxygen atoms in total. The molecule has 1 N–H and O–H groups in total. The van der Waals surface area contributed by atoms with Crippen LogP contribution in [-0.2, 0) is 0 Å². The molecule has 1 amide bonds. The molecule has 0 aliphatic heterocycles. The van der Waals surface area contributed by atoms with Crippen LogP contribution < -0.4 is 5.32 Å². The second kappa shape index (κ2) is 7.33. The van der Waals surface area contributed by atoms with Gasteiger partial charge < -0.3 is 5.32 Å². The first-order chi connectivity index (χ1) is 13.8. The minimum Gasteiger partial charge on any atom is -0.306 e. The first kappa shape index (κ1) is 19.2. The van der Waals surface area contributed by atoms with E-state index in [4.69, 9.17) is 16.6 Å². The highest BCUT2D eigenvalue weighted by Crippen LogP contribution is 2.26. The molecule has 2 aromatic carbocycles. The van der Waals surface area contributed by atoms with Crippen LogP contribution in [0.25, 0.3) is 16.7 Å². The van der Waals surface area contributed by atoms with Gasteiger partial charge in [0.05, 0.1) is 11.2 Å². The van der Waals surface area contributed by atoms with Crippen molar-refractivity contribution in [2.24, 2.45) is 0 Å². The maximum Gasteiger partial charge on any atom is 0.256 e. The molecule has 0 aliphatic carbocycles. The molecule has 0 fully saturated rings. The van der Waals surface area contributed by atoms with Crippen LogP contribution in [0.4, 0.5) is 5.82 Å². The van der Waals surface area contributed by atoms with E-state index in [2.05, 4.69) is 43.3 Å². The van der Waals surface area contributed by atoms with Crippen LogP contribution >= 0.6 is 11.6 Å². The Hall–Kier alpha value is -3.18. The highest BCUT2D eigenvalue weighted by Gasteiger charge is 2.15. The molecule has 146 valence electrons. The number of carbonyl (C=O) groups excluding carboxylic acids is 1. The Morgan fingerprint density at radius 3 is 2.41 bits per heavy atom. The zero-order valence-corrected chi connectivity index (χ0v) is 17.5. The number of pyridine rings is 1. The monoisotopic (exact) mass is 404 g/mol. The summed E-state index contributed by atoms with van der Waals surface area (Å²) >= 11 is 5.92. The van der Waals surface area contributed by atoms with Crippen molar-refractivity contribution in [2.75, 3.05) is 5.32 Å². The molecule has 29 heavy (non-hydrogen) atoms. The van der Waals surface area contributed by atoms with E-state index >= 15 is 0 Å². The molecule has 0 radical (unpaired) electrons. The van der Waals surface area contributed by atoms with E-state index in [-0.39, 0.29) is 5.91 Å². The van der Waals surface area contributed by atoms with Crippen molar-refractivity contribution in [2.45, 2.75) is 27.7 Å². The predicted octanol–water partition coefficient (Wildman–Crippen LogP) is 5.56. The average molecular weight is 405 g/mol. The molecule has 0 spiro atoms. The third kappa shape index (κ3) is 3.74. The molecular formula is C23H21ClN4O. The average Bonchev–Trinajstić information content (AvgIpc) is 3.03. The van der Waals surface area contributed by atoms with Gasteiger partial charge in [0.2, 0.25) is 0 Å². The number of nitrogens with one attached hydrogen (secondary N) is 1. The maximum atomic E-state index is 12.7. The number of amides is 1. The van der Waals surface area contributed by atoms with Crippen LogP contribution in [0.2, 0.25) is 5.02 Å². The molecule has 0 saturated carbocycles. The minimum atomic E-state index is -0.230. The molecule has 6 heteroatoms. The zero-order chi connectivity index (χ0) is 20.7. The molecule has 0 unspecified atom stereocenters. The van der Waals surface area contributed by atoms with Crippen molar-refractivity contribution < 1.29 is 4.79 Å². The lowest BCUT2D eigenvalue weighted by atomic mass is 10.0. The van der Waals surface area contributed by atoms with Gasteiger partial charge in [0.25, 0.3) is 5.91 Å². The number of anilines is 1. The molecule has 0 saturated heterocycles. The maximum absolute atomic E-state index is 12.7. The number of nitrogens with zero attached hydrogens (tertiary/aromatic N) is 3. The normalized spacial score (nSPS) is 11.1. The first-order valence-corrected chi connectivity index (χ1v) is 9.72. The summed E-state index contributed by atoms with van der Waals surface area (Å²) in [6.07, 6.45) is 0. The van der Waals surface area contributed by atoms with Crippen molar-refractivity contribution in [1.82, 2.24) is 14.8 Å². The minimum absolute atomic E-state index is 0.230. The lowest BCUT2D eigenvalue weighted by Gasteiger charge is -2.12. The number of benzene rings is 2. The van der Waals surface area contributed by atoms with Gasteiger partial charge in [-0.2, -0.15) is 9.78 Å². The largest absolute Gasteiger partial charge is 0.306 e. The van der Waals surface area contributed by atoms with Gasteiger partial charge in [0.1, 0.15) is 5.82 Å². The van der Waals surface area contributed by atoms with E-state index in [1.807, 2.05) is 19.1 Å². The van der Waals surface area contributed by atoms with Crippen LogP contribution in [0.1, 0.15) is 32.7 Å². The van der Waals surface area contributed by atoms with Gasteiger partial charge in [0, 0.05) is 22.0 Å². The molecule has 2 aromatic heterocycles.